The lowest BCUT2D eigenvalue weighted by molar-refractivity contribution is -0.115. The lowest BCUT2D eigenvalue weighted by atomic mass is 9.99. The van der Waals surface area contributed by atoms with E-state index >= 15 is 0 Å². The van der Waals surface area contributed by atoms with Crippen LogP contribution < -0.4 is 5.32 Å². The third-order valence-corrected chi connectivity index (χ3v) is 4.67. The number of rotatable bonds is 7. The first kappa shape index (κ1) is 21.3. The van der Waals surface area contributed by atoms with E-state index in [1.807, 2.05) is 0 Å². The minimum absolute atomic E-state index is 0.124. The Morgan fingerprint density at radius 3 is 2.10 bits per heavy atom. The van der Waals surface area contributed by atoms with Crippen LogP contribution in [0.5, 0.6) is 0 Å². The number of halogens is 1. The summed E-state index contributed by atoms with van der Waals surface area (Å²) in [7, 11) is 0. The molecule has 5 nitrogen and oxygen atoms in total. The summed E-state index contributed by atoms with van der Waals surface area (Å²) in [5.41, 5.74) is 1.80. The smallest absolute Gasteiger partial charge is 0.339 e. The monoisotopic (exact) mass is 421 g/mol. The van der Waals surface area contributed by atoms with E-state index < -0.39 is 12.1 Å². The number of ketones is 1. The van der Waals surface area contributed by atoms with Crippen LogP contribution in [-0.2, 0) is 9.53 Å². The van der Waals surface area contributed by atoms with Gasteiger partial charge in [0.25, 0.3) is 0 Å². The summed E-state index contributed by atoms with van der Waals surface area (Å²) in [6, 6.07) is 21.5. The zero-order chi connectivity index (χ0) is 21.5. The average Bonchev–Trinajstić information content (AvgIpc) is 2.78. The Morgan fingerprint density at radius 1 is 0.867 bits per heavy atom. The van der Waals surface area contributed by atoms with Gasteiger partial charge in [-0.05, 0) is 36.4 Å². The number of hydrogen-bond donors (Lipinski definition) is 1. The van der Waals surface area contributed by atoms with E-state index in [-0.39, 0.29) is 17.3 Å². The second-order valence-electron chi connectivity index (χ2n) is 6.55. The van der Waals surface area contributed by atoms with Gasteiger partial charge in [-0.15, -0.1) is 0 Å². The lowest BCUT2D eigenvalue weighted by Crippen LogP contribution is -2.20. The van der Waals surface area contributed by atoms with Crippen molar-refractivity contribution in [1.82, 2.24) is 0 Å². The molecule has 3 aromatic rings. The molecule has 0 aliphatic heterocycles. The fourth-order valence-electron chi connectivity index (χ4n) is 2.78. The van der Waals surface area contributed by atoms with Crippen LogP contribution in [0.25, 0.3) is 0 Å². The van der Waals surface area contributed by atoms with Crippen molar-refractivity contribution in [1.29, 1.82) is 0 Å². The molecule has 0 unspecified atom stereocenters. The number of carbonyl (C=O) groups is 3. The maximum atomic E-state index is 13.0. The highest BCUT2D eigenvalue weighted by atomic mass is 35.5. The van der Waals surface area contributed by atoms with Crippen molar-refractivity contribution in [2.24, 2.45) is 0 Å². The van der Waals surface area contributed by atoms with Gasteiger partial charge in [0.2, 0.25) is 11.7 Å². The number of Topliss-reactive ketones (excluding diaryl/α,β-unsaturated/α-hetero) is 1. The summed E-state index contributed by atoms with van der Waals surface area (Å²) >= 11 is 5.95. The fourth-order valence-corrected chi connectivity index (χ4v) is 2.90. The fraction of sp³-hybridized carbons (Fsp3) is 0.125. The molecular weight excluding hydrogens is 402 g/mol. The molecular formula is C24H20ClNO4. The summed E-state index contributed by atoms with van der Waals surface area (Å²) in [6.45, 7) is 1.75. The molecule has 0 heterocycles. The van der Waals surface area contributed by atoms with Gasteiger partial charge in [0.05, 0.1) is 5.56 Å². The second kappa shape index (κ2) is 9.85. The van der Waals surface area contributed by atoms with E-state index in [0.717, 1.165) is 0 Å². The highest BCUT2D eigenvalue weighted by Gasteiger charge is 2.26. The van der Waals surface area contributed by atoms with Crippen molar-refractivity contribution in [2.75, 3.05) is 5.32 Å². The SMILES string of the molecule is CCC(=O)Nc1ccc(C(=O)O[C@H](C(=O)c2ccccc2)c2ccc(Cl)cc2)cc1. The molecule has 152 valence electrons. The second-order valence-corrected chi connectivity index (χ2v) is 6.98. The van der Waals surface area contributed by atoms with Gasteiger partial charge in [0.15, 0.2) is 6.10 Å². The molecule has 0 radical (unpaired) electrons. The van der Waals surface area contributed by atoms with Gasteiger partial charge in [-0.25, -0.2) is 4.79 Å². The van der Waals surface area contributed by atoms with Crippen molar-refractivity contribution in [3.05, 3.63) is 101 Å². The van der Waals surface area contributed by atoms with Gasteiger partial charge in [-0.2, -0.15) is 0 Å². The van der Waals surface area contributed by atoms with Crippen LogP contribution in [0.1, 0.15) is 45.7 Å². The predicted molar refractivity (Wildman–Crippen MR) is 116 cm³/mol. The Morgan fingerprint density at radius 2 is 1.50 bits per heavy atom. The number of benzene rings is 3. The predicted octanol–water partition coefficient (Wildman–Crippen LogP) is 5.47. The van der Waals surface area contributed by atoms with Gasteiger partial charge in [-0.3, -0.25) is 9.59 Å². The molecule has 30 heavy (non-hydrogen) atoms. The summed E-state index contributed by atoms with van der Waals surface area (Å²) < 4.78 is 5.60. The Labute approximate surface area is 179 Å². The maximum Gasteiger partial charge on any atom is 0.339 e. The van der Waals surface area contributed by atoms with E-state index in [2.05, 4.69) is 5.32 Å². The topological polar surface area (TPSA) is 72.5 Å². The molecule has 0 saturated carbocycles. The molecule has 0 aliphatic rings. The third kappa shape index (κ3) is 5.33. The van der Waals surface area contributed by atoms with Crippen molar-refractivity contribution >= 4 is 34.9 Å². The Hall–Kier alpha value is -3.44. The minimum Gasteiger partial charge on any atom is -0.445 e. The van der Waals surface area contributed by atoms with E-state index in [1.54, 1.807) is 85.8 Å². The van der Waals surface area contributed by atoms with E-state index in [0.29, 0.717) is 28.3 Å². The summed E-state index contributed by atoms with van der Waals surface area (Å²) in [6.07, 6.45) is -0.759. The Balaban J connectivity index is 1.83. The molecule has 1 amide bonds. The van der Waals surface area contributed by atoms with Gasteiger partial charge >= 0.3 is 5.97 Å². The van der Waals surface area contributed by atoms with Crippen LogP contribution in [-0.4, -0.2) is 17.7 Å². The first-order valence-corrected chi connectivity index (χ1v) is 9.81. The number of anilines is 1. The van der Waals surface area contributed by atoms with Crippen LogP contribution in [0.4, 0.5) is 5.69 Å². The molecule has 0 aliphatic carbocycles. The zero-order valence-corrected chi connectivity index (χ0v) is 17.1. The minimum atomic E-state index is -1.11. The summed E-state index contributed by atoms with van der Waals surface area (Å²) in [4.78, 5) is 37.3. The average molecular weight is 422 g/mol. The van der Waals surface area contributed by atoms with Gasteiger partial charge in [-0.1, -0.05) is 61.0 Å². The molecule has 6 heteroatoms. The zero-order valence-electron chi connectivity index (χ0n) is 16.3. The number of carbonyl (C=O) groups excluding carboxylic acids is 3. The van der Waals surface area contributed by atoms with Gasteiger partial charge in [0, 0.05) is 28.3 Å². The van der Waals surface area contributed by atoms with Crippen molar-refractivity contribution in [3.8, 4) is 0 Å². The normalized spacial score (nSPS) is 11.4. The largest absolute Gasteiger partial charge is 0.445 e. The Bertz CT molecular complexity index is 1030. The van der Waals surface area contributed by atoms with Crippen LogP contribution in [0.3, 0.4) is 0 Å². The number of nitrogens with one attached hydrogen (secondary N) is 1. The van der Waals surface area contributed by atoms with Crippen molar-refractivity contribution in [3.63, 3.8) is 0 Å². The highest BCUT2D eigenvalue weighted by molar-refractivity contribution is 6.30. The third-order valence-electron chi connectivity index (χ3n) is 4.42. The van der Waals surface area contributed by atoms with Crippen LogP contribution in [0.2, 0.25) is 5.02 Å². The van der Waals surface area contributed by atoms with E-state index in [1.165, 1.54) is 0 Å². The van der Waals surface area contributed by atoms with Crippen molar-refractivity contribution in [2.45, 2.75) is 19.4 Å². The maximum absolute atomic E-state index is 13.0. The molecule has 0 aromatic heterocycles. The number of hydrogen-bond acceptors (Lipinski definition) is 4. The standard InChI is InChI=1S/C24H20ClNO4/c1-2-21(27)26-20-14-10-18(11-15-20)24(29)30-23(17-8-12-19(25)13-9-17)22(28)16-6-4-3-5-7-16/h3-15,23H,2H2,1H3,(H,26,27)/t23-/m0/s1. The van der Waals surface area contributed by atoms with E-state index in [9.17, 15) is 14.4 Å². The quantitative estimate of drug-likeness (QED) is 0.405. The first-order valence-electron chi connectivity index (χ1n) is 9.43. The van der Waals surface area contributed by atoms with Crippen molar-refractivity contribution < 1.29 is 19.1 Å². The summed E-state index contributed by atoms with van der Waals surface area (Å²) in [5.74, 6) is -1.10. The van der Waals surface area contributed by atoms with Gasteiger partial charge in [0.1, 0.15) is 0 Å². The molecule has 0 fully saturated rings. The van der Waals surface area contributed by atoms with Crippen LogP contribution in [0.15, 0.2) is 78.9 Å². The first-order chi connectivity index (χ1) is 14.5. The molecule has 0 bridgehead atoms. The molecule has 0 saturated heterocycles. The molecule has 3 rings (SSSR count). The molecule has 0 spiro atoms. The number of esters is 1. The van der Waals surface area contributed by atoms with E-state index in [4.69, 9.17) is 16.3 Å². The van der Waals surface area contributed by atoms with Gasteiger partial charge < -0.3 is 10.1 Å². The molecule has 3 aromatic carbocycles. The van der Waals surface area contributed by atoms with Crippen LogP contribution >= 0.6 is 11.6 Å². The number of amides is 1. The summed E-state index contributed by atoms with van der Waals surface area (Å²) in [5, 5.41) is 3.23. The molecule has 1 atom stereocenters. The number of ether oxygens (including phenoxy) is 1. The Kier molecular flexibility index (Phi) is 6.99. The lowest BCUT2D eigenvalue weighted by Gasteiger charge is -2.18. The van der Waals surface area contributed by atoms with Crippen LogP contribution in [0, 0.1) is 0 Å². The highest BCUT2D eigenvalue weighted by Crippen LogP contribution is 2.26. The molecule has 1 N–H and O–H groups in total.